The Labute approximate surface area is 127 Å². The lowest BCUT2D eigenvalue weighted by atomic mass is 9.99. The highest BCUT2D eigenvalue weighted by molar-refractivity contribution is 5.77. The van der Waals surface area contributed by atoms with Gasteiger partial charge in [-0.15, -0.1) is 0 Å². The van der Waals surface area contributed by atoms with Crippen LogP contribution in [-0.4, -0.2) is 44.2 Å². The Balaban J connectivity index is 1.60. The third-order valence-electron chi connectivity index (χ3n) is 3.84. The van der Waals surface area contributed by atoms with Gasteiger partial charge in [-0.1, -0.05) is 30.3 Å². The van der Waals surface area contributed by atoms with Gasteiger partial charge in [0.1, 0.15) is 0 Å². The van der Waals surface area contributed by atoms with Crippen LogP contribution < -0.4 is 5.32 Å². The first-order chi connectivity index (χ1) is 10.2. The van der Waals surface area contributed by atoms with Crippen molar-refractivity contribution in [2.75, 3.05) is 33.4 Å². The Morgan fingerprint density at radius 1 is 1.38 bits per heavy atom. The van der Waals surface area contributed by atoms with Gasteiger partial charge in [-0.05, 0) is 37.8 Å². The lowest BCUT2D eigenvalue weighted by Crippen LogP contribution is -2.36. The molecule has 0 saturated carbocycles. The third kappa shape index (κ3) is 6.27. The Hall–Kier alpha value is -1.39. The minimum atomic E-state index is 0.102. The molecule has 0 spiro atoms. The van der Waals surface area contributed by atoms with Crippen LogP contribution in [0.4, 0.5) is 0 Å². The number of hydrogen-bond acceptors (Lipinski definition) is 3. The van der Waals surface area contributed by atoms with E-state index in [1.165, 1.54) is 12.0 Å². The van der Waals surface area contributed by atoms with E-state index >= 15 is 0 Å². The number of carbonyl (C=O) groups excluding carboxylic acids is 1. The molecule has 1 aliphatic rings. The molecule has 4 nitrogen and oxygen atoms in total. The van der Waals surface area contributed by atoms with Gasteiger partial charge in [0.25, 0.3) is 0 Å². The van der Waals surface area contributed by atoms with E-state index < -0.39 is 0 Å². The van der Waals surface area contributed by atoms with Crippen LogP contribution in [0.5, 0.6) is 0 Å². The van der Waals surface area contributed by atoms with Gasteiger partial charge in [0.2, 0.25) is 5.91 Å². The van der Waals surface area contributed by atoms with Crippen molar-refractivity contribution < 1.29 is 9.53 Å². The van der Waals surface area contributed by atoms with E-state index in [1.807, 2.05) is 30.1 Å². The smallest absolute Gasteiger partial charge is 0.234 e. The number of rotatable bonds is 7. The fourth-order valence-corrected chi connectivity index (χ4v) is 2.70. The van der Waals surface area contributed by atoms with Crippen molar-refractivity contribution in [3.63, 3.8) is 0 Å². The standard InChI is InChI=1S/C17H26N2O2/c1-19(12-15-6-3-2-4-7-15)13-17(20)18-10-9-16-8-5-11-21-14-16/h2-4,6-7,16H,5,8-14H2,1H3,(H,18,20). The second kappa shape index (κ2) is 8.80. The van der Waals surface area contributed by atoms with Crippen LogP contribution in [0.3, 0.4) is 0 Å². The number of hydrogen-bond donors (Lipinski definition) is 1. The number of nitrogens with one attached hydrogen (secondary N) is 1. The molecular formula is C17H26N2O2. The first-order valence-electron chi connectivity index (χ1n) is 7.81. The largest absolute Gasteiger partial charge is 0.381 e. The molecule has 1 amide bonds. The fraction of sp³-hybridized carbons (Fsp3) is 0.588. The van der Waals surface area contributed by atoms with Crippen molar-refractivity contribution in [2.45, 2.75) is 25.8 Å². The molecule has 0 aliphatic carbocycles. The van der Waals surface area contributed by atoms with Crippen molar-refractivity contribution in [1.82, 2.24) is 10.2 Å². The van der Waals surface area contributed by atoms with Crippen molar-refractivity contribution in [1.29, 1.82) is 0 Å². The van der Waals surface area contributed by atoms with E-state index in [1.54, 1.807) is 0 Å². The maximum atomic E-state index is 11.9. The number of nitrogens with zero attached hydrogens (tertiary/aromatic N) is 1. The number of likely N-dealkylation sites (N-methyl/N-ethyl adjacent to an activating group) is 1. The zero-order valence-electron chi connectivity index (χ0n) is 12.9. The van der Waals surface area contributed by atoms with E-state index in [4.69, 9.17) is 4.74 Å². The summed E-state index contributed by atoms with van der Waals surface area (Å²) in [4.78, 5) is 13.9. The molecule has 116 valence electrons. The van der Waals surface area contributed by atoms with Gasteiger partial charge in [-0.3, -0.25) is 9.69 Å². The van der Waals surface area contributed by atoms with E-state index in [9.17, 15) is 4.79 Å². The van der Waals surface area contributed by atoms with E-state index in [-0.39, 0.29) is 5.91 Å². The molecule has 1 heterocycles. The van der Waals surface area contributed by atoms with Crippen LogP contribution in [0.2, 0.25) is 0 Å². The maximum absolute atomic E-state index is 11.9. The van der Waals surface area contributed by atoms with Gasteiger partial charge in [0, 0.05) is 26.3 Å². The maximum Gasteiger partial charge on any atom is 0.234 e. The van der Waals surface area contributed by atoms with Crippen LogP contribution in [0.1, 0.15) is 24.8 Å². The van der Waals surface area contributed by atoms with Gasteiger partial charge in [0.15, 0.2) is 0 Å². The van der Waals surface area contributed by atoms with Crippen LogP contribution in [0.25, 0.3) is 0 Å². The average Bonchev–Trinajstić information content (AvgIpc) is 2.49. The van der Waals surface area contributed by atoms with Crippen molar-refractivity contribution in [3.05, 3.63) is 35.9 Å². The molecular weight excluding hydrogens is 264 g/mol. The topological polar surface area (TPSA) is 41.6 Å². The molecule has 1 fully saturated rings. The fourth-order valence-electron chi connectivity index (χ4n) is 2.70. The monoisotopic (exact) mass is 290 g/mol. The lowest BCUT2D eigenvalue weighted by molar-refractivity contribution is -0.122. The summed E-state index contributed by atoms with van der Waals surface area (Å²) >= 11 is 0. The minimum absolute atomic E-state index is 0.102. The summed E-state index contributed by atoms with van der Waals surface area (Å²) in [5, 5.41) is 3.01. The second-order valence-electron chi connectivity index (χ2n) is 5.88. The van der Waals surface area contributed by atoms with Gasteiger partial charge < -0.3 is 10.1 Å². The summed E-state index contributed by atoms with van der Waals surface area (Å²) in [6.45, 7) is 3.74. The Morgan fingerprint density at radius 2 is 2.19 bits per heavy atom. The Bertz CT molecular complexity index is 416. The molecule has 1 unspecified atom stereocenters. The molecule has 1 N–H and O–H groups in total. The molecule has 2 rings (SSSR count). The molecule has 1 atom stereocenters. The normalized spacial score (nSPS) is 18.7. The minimum Gasteiger partial charge on any atom is -0.381 e. The van der Waals surface area contributed by atoms with Gasteiger partial charge in [0.05, 0.1) is 6.54 Å². The lowest BCUT2D eigenvalue weighted by Gasteiger charge is -2.22. The van der Waals surface area contributed by atoms with Gasteiger partial charge in [-0.2, -0.15) is 0 Å². The molecule has 21 heavy (non-hydrogen) atoms. The van der Waals surface area contributed by atoms with Gasteiger partial charge >= 0.3 is 0 Å². The van der Waals surface area contributed by atoms with Crippen LogP contribution in [0.15, 0.2) is 30.3 Å². The molecule has 0 radical (unpaired) electrons. The summed E-state index contributed by atoms with van der Waals surface area (Å²) in [6.07, 6.45) is 3.40. The number of carbonyl (C=O) groups is 1. The highest BCUT2D eigenvalue weighted by atomic mass is 16.5. The molecule has 1 aromatic carbocycles. The van der Waals surface area contributed by atoms with E-state index in [0.717, 1.165) is 39.1 Å². The quantitative estimate of drug-likeness (QED) is 0.835. The Morgan fingerprint density at radius 3 is 2.90 bits per heavy atom. The molecule has 1 aliphatic heterocycles. The third-order valence-corrected chi connectivity index (χ3v) is 3.84. The predicted octanol–water partition coefficient (Wildman–Crippen LogP) is 2.05. The van der Waals surface area contributed by atoms with Crippen LogP contribution >= 0.6 is 0 Å². The number of amides is 1. The number of benzene rings is 1. The van der Waals surface area contributed by atoms with Gasteiger partial charge in [-0.25, -0.2) is 0 Å². The number of ether oxygens (including phenoxy) is 1. The first-order valence-corrected chi connectivity index (χ1v) is 7.81. The zero-order valence-corrected chi connectivity index (χ0v) is 12.9. The van der Waals surface area contributed by atoms with Crippen LogP contribution in [-0.2, 0) is 16.1 Å². The summed E-state index contributed by atoms with van der Waals surface area (Å²) in [5.74, 6) is 0.714. The molecule has 0 aromatic heterocycles. The molecule has 4 heteroatoms. The highest BCUT2D eigenvalue weighted by Gasteiger charge is 2.14. The summed E-state index contributed by atoms with van der Waals surface area (Å²) < 4.78 is 5.45. The molecule has 0 bridgehead atoms. The highest BCUT2D eigenvalue weighted by Crippen LogP contribution is 2.16. The summed E-state index contributed by atoms with van der Waals surface area (Å²) in [5.41, 5.74) is 1.23. The van der Waals surface area contributed by atoms with Crippen molar-refractivity contribution in [3.8, 4) is 0 Å². The first kappa shape index (κ1) is 16.0. The summed E-state index contributed by atoms with van der Waals surface area (Å²) in [6, 6.07) is 10.2. The van der Waals surface area contributed by atoms with E-state index in [0.29, 0.717) is 12.5 Å². The molecule has 1 saturated heterocycles. The average molecular weight is 290 g/mol. The van der Waals surface area contributed by atoms with E-state index in [2.05, 4.69) is 17.4 Å². The SMILES string of the molecule is CN(CC(=O)NCCC1CCCOC1)Cc1ccccc1. The summed E-state index contributed by atoms with van der Waals surface area (Å²) in [7, 11) is 1.97. The van der Waals surface area contributed by atoms with Crippen molar-refractivity contribution in [2.24, 2.45) is 5.92 Å². The van der Waals surface area contributed by atoms with Crippen molar-refractivity contribution >= 4 is 5.91 Å². The second-order valence-corrected chi connectivity index (χ2v) is 5.88. The van der Waals surface area contributed by atoms with Crippen LogP contribution in [0, 0.1) is 5.92 Å². The zero-order chi connectivity index (χ0) is 14.9. The Kier molecular flexibility index (Phi) is 6.70. The molecule has 1 aromatic rings. The predicted molar refractivity (Wildman–Crippen MR) is 83.9 cm³/mol.